The zero-order valence-corrected chi connectivity index (χ0v) is 7.41. The van der Waals surface area contributed by atoms with Gasteiger partial charge in [-0.3, -0.25) is 4.79 Å². The molecule has 0 atom stereocenters. The first-order valence-corrected chi connectivity index (χ1v) is 4.01. The van der Waals surface area contributed by atoms with E-state index in [9.17, 15) is 4.79 Å². The number of carbonyl (C=O) groups is 1. The molecule has 0 spiro atoms. The van der Waals surface area contributed by atoms with Gasteiger partial charge in [-0.1, -0.05) is 5.16 Å². The van der Waals surface area contributed by atoms with Gasteiger partial charge in [0, 0.05) is 25.5 Å². The topological polar surface area (TPSA) is 46.3 Å². The molecule has 0 fully saturated rings. The minimum absolute atomic E-state index is 0.176. The van der Waals surface area contributed by atoms with Crippen LogP contribution in [0.1, 0.15) is 10.5 Å². The number of nitrogens with zero attached hydrogens (tertiary/aromatic N) is 2. The lowest BCUT2D eigenvalue weighted by Gasteiger charge is -2.12. The van der Waals surface area contributed by atoms with Crippen molar-refractivity contribution in [3.05, 3.63) is 18.0 Å². The van der Waals surface area contributed by atoms with Gasteiger partial charge in [0.05, 0.1) is 0 Å². The molecule has 1 heterocycles. The van der Waals surface area contributed by atoms with E-state index in [1.54, 1.807) is 7.05 Å². The Morgan fingerprint density at radius 2 is 2.58 bits per heavy atom. The van der Waals surface area contributed by atoms with Crippen LogP contribution < -0.4 is 0 Å². The monoisotopic (exact) mass is 188 g/mol. The van der Waals surface area contributed by atoms with Crippen molar-refractivity contribution in [2.24, 2.45) is 0 Å². The molecule has 12 heavy (non-hydrogen) atoms. The molecule has 5 heteroatoms. The lowest BCUT2D eigenvalue weighted by Crippen LogP contribution is -2.28. The van der Waals surface area contributed by atoms with E-state index in [1.807, 2.05) is 0 Å². The van der Waals surface area contributed by atoms with Crippen LogP contribution in [0.4, 0.5) is 0 Å². The van der Waals surface area contributed by atoms with Crippen LogP contribution in [0.25, 0.3) is 0 Å². The fourth-order valence-corrected chi connectivity index (χ4v) is 1.00. The van der Waals surface area contributed by atoms with Crippen LogP contribution in [0.3, 0.4) is 0 Å². The first-order valence-electron chi connectivity index (χ1n) is 3.47. The maximum atomic E-state index is 11.3. The average molecular weight is 189 g/mol. The predicted octanol–water partition coefficient (Wildman–Crippen LogP) is 0.985. The van der Waals surface area contributed by atoms with Crippen molar-refractivity contribution >= 4 is 17.5 Å². The van der Waals surface area contributed by atoms with Gasteiger partial charge < -0.3 is 9.42 Å². The van der Waals surface area contributed by atoms with Crippen LogP contribution in [0.5, 0.6) is 0 Å². The molecule has 0 saturated heterocycles. The maximum Gasteiger partial charge on any atom is 0.275 e. The fourth-order valence-electron chi connectivity index (χ4n) is 0.747. The first-order chi connectivity index (χ1) is 5.75. The second-order valence-electron chi connectivity index (χ2n) is 2.30. The van der Waals surface area contributed by atoms with Crippen LogP contribution in [0.15, 0.2) is 16.9 Å². The number of alkyl halides is 1. The number of halogens is 1. The van der Waals surface area contributed by atoms with Gasteiger partial charge >= 0.3 is 0 Å². The highest BCUT2D eigenvalue weighted by Crippen LogP contribution is 1.99. The van der Waals surface area contributed by atoms with Crippen LogP contribution in [0, 0.1) is 0 Å². The van der Waals surface area contributed by atoms with Gasteiger partial charge in [0.2, 0.25) is 0 Å². The highest BCUT2D eigenvalue weighted by Gasteiger charge is 2.13. The Morgan fingerprint density at radius 3 is 3.08 bits per heavy atom. The van der Waals surface area contributed by atoms with Crippen LogP contribution >= 0.6 is 11.6 Å². The highest BCUT2D eigenvalue weighted by molar-refractivity contribution is 6.18. The largest absolute Gasteiger partial charge is 0.364 e. The molecule has 66 valence electrons. The number of aromatic nitrogens is 1. The smallest absolute Gasteiger partial charge is 0.275 e. The average Bonchev–Trinajstić information content (AvgIpc) is 2.55. The van der Waals surface area contributed by atoms with E-state index in [0.717, 1.165) is 0 Å². The van der Waals surface area contributed by atoms with Gasteiger partial charge in [0.15, 0.2) is 5.69 Å². The van der Waals surface area contributed by atoms with Crippen molar-refractivity contribution in [2.75, 3.05) is 19.5 Å². The number of hydrogen-bond acceptors (Lipinski definition) is 3. The first kappa shape index (κ1) is 9.06. The molecule has 1 amide bonds. The molecule has 1 rings (SSSR count). The highest BCUT2D eigenvalue weighted by atomic mass is 35.5. The molecule has 0 N–H and O–H groups in total. The zero-order valence-electron chi connectivity index (χ0n) is 6.66. The fraction of sp³-hybridized carbons (Fsp3) is 0.429. The van der Waals surface area contributed by atoms with Crippen molar-refractivity contribution in [2.45, 2.75) is 0 Å². The summed E-state index contributed by atoms with van der Waals surface area (Å²) in [7, 11) is 1.67. The molecular formula is C7H9ClN2O2. The molecular weight excluding hydrogens is 180 g/mol. The number of hydrogen-bond donors (Lipinski definition) is 0. The maximum absolute atomic E-state index is 11.3. The number of carbonyl (C=O) groups excluding carboxylic acids is 1. The molecule has 4 nitrogen and oxygen atoms in total. The van der Waals surface area contributed by atoms with E-state index >= 15 is 0 Å². The Labute approximate surface area is 75.1 Å². The number of amides is 1. The Bertz CT molecular complexity index is 248. The molecule has 0 aliphatic rings. The SMILES string of the molecule is CN(CCCl)C(=O)c1ccon1. The Balaban J connectivity index is 2.59. The third-order valence-electron chi connectivity index (χ3n) is 1.42. The normalized spacial score (nSPS) is 9.83. The van der Waals surface area contributed by atoms with Crippen molar-refractivity contribution in [3.8, 4) is 0 Å². The van der Waals surface area contributed by atoms with Gasteiger partial charge in [0.25, 0.3) is 5.91 Å². The summed E-state index contributed by atoms with van der Waals surface area (Å²) >= 11 is 5.46. The lowest BCUT2D eigenvalue weighted by atomic mass is 10.4. The molecule has 0 aliphatic carbocycles. The van der Waals surface area contributed by atoms with Gasteiger partial charge in [-0.25, -0.2) is 0 Å². The summed E-state index contributed by atoms with van der Waals surface area (Å²) in [4.78, 5) is 12.8. The van der Waals surface area contributed by atoms with Crippen LogP contribution in [-0.2, 0) is 0 Å². The van der Waals surface area contributed by atoms with Gasteiger partial charge in [-0.2, -0.15) is 0 Å². The van der Waals surface area contributed by atoms with Crippen molar-refractivity contribution in [1.82, 2.24) is 10.1 Å². The Morgan fingerprint density at radius 1 is 1.83 bits per heavy atom. The summed E-state index contributed by atoms with van der Waals surface area (Å²) < 4.78 is 4.53. The van der Waals surface area contributed by atoms with Crippen molar-refractivity contribution in [3.63, 3.8) is 0 Å². The minimum Gasteiger partial charge on any atom is -0.364 e. The molecule has 0 radical (unpaired) electrons. The van der Waals surface area contributed by atoms with Gasteiger partial charge in [-0.15, -0.1) is 11.6 Å². The van der Waals surface area contributed by atoms with E-state index in [1.165, 1.54) is 17.2 Å². The molecule has 0 bridgehead atoms. The summed E-state index contributed by atoms with van der Waals surface area (Å²) in [5, 5.41) is 3.51. The van der Waals surface area contributed by atoms with Crippen molar-refractivity contribution in [1.29, 1.82) is 0 Å². The molecule has 1 aromatic rings. The van der Waals surface area contributed by atoms with Gasteiger partial charge in [0.1, 0.15) is 6.26 Å². The van der Waals surface area contributed by atoms with E-state index in [2.05, 4.69) is 9.68 Å². The lowest BCUT2D eigenvalue weighted by molar-refractivity contribution is 0.0793. The van der Waals surface area contributed by atoms with E-state index in [0.29, 0.717) is 18.1 Å². The van der Waals surface area contributed by atoms with E-state index in [4.69, 9.17) is 11.6 Å². The molecule has 1 aromatic heterocycles. The predicted molar refractivity (Wildman–Crippen MR) is 44.2 cm³/mol. The van der Waals surface area contributed by atoms with Gasteiger partial charge in [-0.05, 0) is 0 Å². The molecule has 0 unspecified atom stereocenters. The summed E-state index contributed by atoms with van der Waals surface area (Å²) in [6.45, 7) is 0.507. The Hall–Kier alpha value is -1.03. The summed E-state index contributed by atoms with van der Waals surface area (Å²) in [5.41, 5.74) is 0.308. The standard InChI is InChI=1S/C7H9ClN2O2/c1-10(4-3-8)7(11)6-2-5-12-9-6/h2,5H,3-4H2,1H3. The zero-order chi connectivity index (χ0) is 8.97. The third kappa shape index (κ3) is 1.98. The van der Waals surface area contributed by atoms with Crippen molar-refractivity contribution < 1.29 is 9.32 Å². The summed E-state index contributed by atoms with van der Waals surface area (Å²) in [5.74, 6) is 0.240. The Kier molecular flexibility index (Phi) is 3.10. The van der Waals surface area contributed by atoms with E-state index in [-0.39, 0.29) is 5.91 Å². The second-order valence-corrected chi connectivity index (χ2v) is 2.68. The molecule has 0 aliphatic heterocycles. The molecule has 0 aromatic carbocycles. The van der Waals surface area contributed by atoms with Crippen LogP contribution in [0.2, 0.25) is 0 Å². The third-order valence-corrected chi connectivity index (χ3v) is 1.59. The summed E-state index contributed by atoms with van der Waals surface area (Å²) in [6.07, 6.45) is 1.36. The minimum atomic E-state index is -0.176. The number of rotatable bonds is 3. The van der Waals surface area contributed by atoms with Crippen LogP contribution in [-0.4, -0.2) is 35.4 Å². The summed E-state index contributed by atoms with van der Waals surface area (Å²) in [6, 6.07) is 1.52. The molecule has 0 saturated carbocycles. The quantitative estimate of drug-likeness (QED) is 0.665. The van der Waals surface area contributed by atoms with E-state index < -0.39 is 0 Å². The second kappa shape index (κ2) is 4.11.